The monoisotopic (exact) mass is 423 g/mol. The minimum Gasteiger partial charge on any atom is -0.338 e. The minimum atomic E-state index is -0.0919. The highest BCUT2D eigenvalue weighted by Gasteiger charge is 2.21. The van der Waals surface area contributed by atoms with E-state index in [0.29, 0.717) is 23.3 Å². The molecule has 0 amide bonds. The summed E-state index contributed by atoms with van der Waals surface area (Å²) in [7, 11) is 0. The Morgan fingerprint density at radius 3 is 2.59 bits per heavy atom. The van der Waals surface area contributed by atoms with E-state index in [1.807, 2.05) is 72.2 Å². The quantitative estimate of drug-likeness (QED) is 0.281. The average Bonchev–Trinajstić information content (AvgIpc) is 3.38. The van der Waals surface area contributed by atoms with Crippen LogP contribution in [0, 0.1) is 0 Å². The molecule has 0 aliphatic heterocycles. The Morgan fingerprint density at radius 1 is 1.10 bits per heavy atom. The van der Waals surface area contributed by atoms with Gasteiger partial charge in [0.15, 0.2) is 11.0 Å². The molecular weight excluding hydrogens is 406 g/mol. The normalized spacial score (nSPS) is 12.1. The summed E-state index contributed by atoms with van der Waals surface area (Å²) < 4.78 is 7.49. The molecule has 0 saturated carbocycles. The van der Waals surface area contributed by atoms with E-state index in [2.05, 4.69) is 26.9 Å². The molecule has 4 rings (SSSR count). The molecule has 2 aromatic heterocycles. The molecule has 6 nitrogen and oxygen atoms in total. The Balaban J connectivity index is 1.58. The Bertz CT molecular complexity index is 1110. The average molecular weight is 424 g/mol. The maximum absolute atomic E-state index is 6.00. The van der Waals surface area contributed by atoms with Crippen molar-refractivity contribution in [3.63, 3.8) is 0 Å². The molecule has 0 bridgehead atoms. The summed E-state index contributed by atoms with van der Waals surface area (Å²) >= 11 is 7.51. The number of halogens is 1. The van der Waals surface area contributed by atoms with Gasteiger partial charge in [0.25, 0.3) is 0 Å². The van der Waals surface area contributed by atoms with Crippen molar-refractivity contribution in [1.29, 1.82) is 0 Å². The predicted octanol–water partition coefficient (Wildman–Crippen LogP) is 5.69. The molecule has 29 heavy (non-hydrogen) atoms. The fourth-order valence-corrected chi connectivity index (χ4v) is 3.81. The van der Waals surface area contributed by atoms with Crippen molar-refractivity contribution >= 4 is 23.4 Å². The lowest BCUT2D eigenvalue weighted by Gasteiger charge is -2.09. The Kier molecular flexibility index (Phi) is 5.78. The summed E-state index contributed by atoms with van der Waals surface area (Å²) in [6.07, 6.45) is 1.82. The van der Waals surface area contributed by atoms with E-state index < -0.39 is 0 Å². The van der Waals surface area contributed by atoms with Gasteiger partial charge in [0.05, 0.1) is 5.25 Å². The molecule has 0 spiro atoms. The van der Waals surface area contributed by atoms with Crippen LogP contribution in [0.5, 0.6) is 0 Å². The van der Waals surface area contributed by atoms with Gasteiger partial charge in [-0.05, 0) is 31.2 Å². The second kappa shape index (κ2) is 8.63. The zero-order valence-corrected chi connectivity index (χ0v) is 17.3. The van der Waals surface area contributed by atoms with Crippen LogP contribution < -0.4 is 0 Å². The molecule has 0 fully saturated rings. The lowest BCUT2D eigenvalue weighted by molar-refractivity contribution is 0.380. The number of hydrogen-bond donors (Lipinski definition) is 0. The number of rotatable bonds is 7. The van der Waals surface area contributed by atoms with Gasteiger partial charge in [0.1, 0.15) is 0 Å². The van der Waals surface area contributed by atoms with Crippen molar-refractivity contribution in [2.45, 2.75) is 23.9 Å². The van der Waals surface area contributed by atoms with E-state index in [0.717, 1.165) is 22.1 Å². The third-order valence-corrected chi connectivity index (χ3v) is 5.55. The van der Waals surface area contributed by atoms with E-state index in [-0.39, 0.29) is 5.25 Å². The number of aromatic nitrogens is 5. The van der Waals surface area contributed by atoms with Crippen LogP contribution in [0.3, 0.4) is 0 Å². The van der Waals surface area contributed by atoms with Crippen molar-refractivity contribution in [3.05, 3.63) is 78.2 Å². The fourth-order valence-electron chi connectivity index (χ4n) is 2.80. The molecule has 146 valence electrons. The van der Waals surface area contributed by atoms with Crippen LogP contribution in [0.2, 0.25) is 5.02 Å². The maximum Gasteiger partial charge on any atom is 0.240 e. The van der Waals surface area contributed by atoms with Gasteiger partial charge in [0.2, 0.25) is 11.7 Å². The molecule has 1 atom stereocenters. The third-order valence-electron chi connectivity index (χ3n) is 4.23. The molecule has 0 radical (unpaired) electrons. The van der Waals surface area contributed by atoms with E-state index >= 15 is 0 Å². The summed E-state index contributed by atoms with van der Waals surface area (Å²) in [6.45, 7) is 6.44. The fraction of sp³-hybridized carbons (Fsp3) is 0.143. The van der Waals surface area contributed by atoms with Gasteiger partial charge in [-0.25, -0.2) is 0 Å². The lowest BCUT2D eigenvalue weighted by Crippen LogP contribution is -2.01. The second-order valence-electron chi connectivity index (χ2n) is 6.29. The standard InChI is InChI=1S/C21H18ClN5OS/c1-3-13-27-19(16-9-11-17(22)12-10-16)24-25-21(27)29-14(2)20-23-18(26-28-20)15-7-5-4-6-8-15/h3-12,14H,1,13H2,2H3. The van der Waals surface area contributed by atoms with Crippen molar-refractivity contribution < 1.29 is 4.52 Å². The Labute approximate surface area is 177 Å². The van der Waals surface area contributed by atoms with Gasteiger partial charge in [-0.1, -0.05) is 64.9 Å². The molecule has 2 aromatic carbocycles. The van der Waals surface area contributed by atoms with Crippen molar-refractivity contribution in [2.75, 3.05) is 0 Å². The molecule has 0 N–H and O–H groups in total. The number of hydrogen-bond acceptors (Lipinski definition) is 6. The third kappa shape index (κ3) is 4.26. The predicted molar refractivity (Wildman–Crippen MR) is 115 cm³/mol. The van der Waals surface area contributed by atoms with E-state index in [1.54, 1.807) is 0 Å². The molecular formula is C21H18ClN5OS. The topological polar surface area (TPSA) is 69.6 Å². The van der Waals surface area contributed by atoms with Gasteiger partial charge >= 0.3 is 0 Å². The zero-order valence-electron chi connectivity index (χ0n) is 15.7. The van der Waals surface area contributed by atoms with E-state index in [1.165, 1.54) is 11.8 Å². The number of nitrogens with zero attached hydrogens (tertiary/aromatic N) is 5. The molecule has 0 aliphatic rings. The summed E-state index contributed by atoms with van der Waals surface area (Å²) in [5.41, 5.74) is 1.85. The molecule has 2 heterocycles. The Hall–Kier alpha value is -2.90. The summed E-state index contributed by atoms with van der Waals surface area (Å²) in [6, 6.07) is 17.3. The van der Waals surface area contributed by atoms with Gasteiger partial charge in [-0.3, -0.25) is 4.57 Å². The van der Waals surface area contributed by atoms with Crippen LogP contribution in [0.4, 0.5) is 0 Å². The minimum absolute atomic E-state index is 0.0919. The smallest absolute Gasteiger partial charge is 0.240 e. The van der Waals surface area contributed by atoms with E-state index in [4.69, 9.17) is 16.1 Å². The van der Waals surface area contributed by atoms with Gasteiger partial charge < -0.3 is 4.52 Å². The number of benzene rings is 2. The SMILES string of the molecule is C=CCn1c(SC(C)c2nc(-c3ccccc3)no2)nnc1-c1ccc(Cl)cc1. The van der Waals surface area contributed by atoms with Gasteiger partial charge in [0, 0.05) is 22.7 Å². The van der Waals surface area contributed by atoms with Crippen molar-refractivity contribution in [2.24, 2.45) is 0 Å². The second-order valence-corrected chi connectivity index (χ2v) is 8.04. The van der Waals surface area contributed by atoms with Crippen LogP contribution in [-0.4, -0.2) is 24.9 Å². The summed E-state index contributed by atoms with van der Waals surface area (Å²) in [5.74, 6) is 1.87. The first kappa shape index (κ1) is 19.4. The maximum atomic E-state index is 6.00. The van der Waals surface area contributed by atoms with Gasteiger partial charge in [-0.2, -0.15) is 4.98 Å². The number of thioether (sulfide) groups is 1. The van der Waals surface area contributed by atoms with E-state index in [9.17, 15) is 0 Å². The largest absolute Gasteiger partial charge is 0.338 e. The highest BCUT2D eigenvalue weighted by atomic mass is 35.5. The summed E-state index contributed by atoms with van der Waals surface area (Å²) in [5, 5.41) is 14.2. The van der Waals surface area contributed by atoms with Crippen LogP contribution in [0.15, 0.2) is 76.9 Å². The molecule has 8 heteroatoms. The Morgan fingerprint density at radius 2 is 1.86 bits per heavy atom. The zero-order chi connectivity index (χ0) is 20.2. The van der Waals surface area contributed by atoms with Crippen molar-refractivity contribution in [1.82, 2.24) is 24.9 Å². The van der Waals surface area contributed by atoms with Crippen LogP contribution >= 0.6 is 23.4 Å². The van der Waals surface area contributed by atoms with Crippen LogP contribution in [0.25, 0.3) is 22.8 Å². The van der Waals surface area contributed by atoms with Crippen molar-refractivity contribution in [3.8, 4) is 22.8 Å². The molecule has 4 aromatic rings. The van der Waals surface area contributed by atoms with Crippen LogP contribution in [0.1, 0.15) is 18.1 Å². The van der Waals surface area contributed by atoms with Crippen LogP contribution in [-0.2, 0) is 6.54 Å². The molecule has 0 aliphatic carbocycles. The molecule has 0 saturated heterocycles. The van der Waals surface area contributed by atoms with Gasteiger partial charge in [-0.15, -0.1) is 16.8 Å². The lowest BCUT2D eigenvalue weighted by atomic mass is 10.2. The first-order valence-corrected chi connectivity index (χ1v) is 10.3. The number of allylic oxidation sites excluding steroid dienone is 1. The highest BCUT2D eigenvalue weighted by molar-refractivity contribution is 7.99. The first-order chi connectivity index (χ1) is 14.2. The molecule has 1 unspecified atom stereocenters. The first-order valence-electron chi connectivity index (χ1n) is 9.01. The summed E-state index contributed by atoms with van der Waals surface area (Å²) in [4.78, 5) is 4.54. The highest BCUT2D eigenvalue weighted by Crippen LogP contribution is 2.35.